The number of unbranched alkanes of at least 4 members (excludes halogenated alkanes) is 1. The first-order chi connectivity index (χ1) is 9.58. The maximum atomic E-state index is 6.31. The van der Waals surface area contributed by atoms with Gasteiger partial charge in [-0.3, -0.25) is 0 Å². The number of nitrogens with zero attached hydrogens (tertiary/aromatic N) is 2. The number of anilines is 1. The van der Waals surface area contributed by atoms with Gasteiger partial charge in [-0.1, -0.05) is 53.9 Å². The second-order valence-corrected chi connectivity index (χ2v) is 6.04. The van der Waals surface area contributed by atoms with E-state index in [2.05, 4.69) is 34.3 Å². The van der Waals surface area contributed by atoms with E-state index in [-0.39, 0.29) is 0 Å². The van der Waals surface area contributed by atoms with Gasteiger partial charge in [0.2, 0.25) is 0 Å². The summed E-state index contributed by atoms with van der Waals surface area (Å²) in [7, 11) is 0. The van der Waals surface area contributed by atoms with Crippen molar-refractivity contribution >= 4 is 33.3 Å². The normalized spacial score (nSPS) is 11.0. The Labute approximate surface area is 133 Å². The highest BCUT2D eigenvalue weighted by molar-refractivity contribution is 9.10. The highest BCUT2D eigenvalue weighted by Crippen LogP contribution is 2.34. The molecular formula is C15H19BrClN3. The van der Waals surface area contributed by atoms with Gasteiger partial charge in [0, 0.05) is 28.0 Å². The van der Waals surface area contributed by atoms with E-state index in [1.165, 1.54) is 0 Å². The van der Waals surface area contributed by atoms with Crippen molar-refractivity contribution in [3.8, 4) is 11.3 Å². The number of halogens is 2. The Morgan fingerprint density at radius 3 is 2.70 bits per heavy atom. The highest BCUT2D eigenvalue weighted by atomic mass is 79.9. The van der Waals surface area contributed by atoms with Crippen LogP contribution in [0, 0.1) is 0 Å². The number of nitrogens with two attached hydrogens (primary N) is 1. The largest absolute Gasteiger partial charge is 0.383 e. The molecule has 20 heavy (non-hydrogen) atoms. The van der Waals surface area contributed by atoms with E-state index in [0.717, 1.165) is 53.2 Å². The molecule has 0 bridgehead atoms. The van der Waals surface area contributed by atoms with Gasteiger partial charge in [-0.05, 0) is 18.6 Å². The fraction of sp³-hybridized carbons (Fsp3) is 0.400. The molecule has 0 spiro atoms. The van der Waals surface area contributed by atoms with Crippen LogP contribution in [-0.4, -0.2) is 9.55 Å². The number of aromatic nitrogens is 2. The molecule has 3 nitrogen and oxygen atoms in total. The van der Waals surface area contributed by atoms with Gasteiger partial charge in [0.15, 0.2) is 0 Å². The molecule has 1 heterocycles. The van der Waals surface area contributed by atoms with Crippen LogP contribution in [-0.2, 0) is 13.0 Å². The first-order valence-corrected chi connectivity index (χ1v) is 8.05. The Morgan fingerprint density at radius 2 is 2.10 bits per heavy atom. The summed E-state index contributed by atoms with van der Waals surface area (Å²) in [5.41, 5.74) is 8.12. The smallest absolute Gasteiger partial charge is 0.131 e. The van der Waals surface area contributed by atoms with Crippen molar-refractivity contribution in [1.29, 1.82) is 0 Å². The molecule has 0 aliphatic heterocycles. The topological polar surface area (TPSA) is 43.8 Å². The van der Waals surface area contributed by atoms with E-state index >= 15 is 0 Å². The number of benzene rings is 1. The third-order valence-electron chi connectivity index (χ3n) is 3.32. The van der Waals surface area contributed by atoms with Crippen LogP contribution < -0.4 is 5.73 Å². The average Bonchev–Trinajstić information content (AvgIpc) is 2.73. The lowest BCUT2D eigenvalue weighted by Gasteiger charge is -2.08. The molecule has 0 aliphatic carbocycles. The first kappa shape index (κ1) is 15.4. The highest BCUT2D eigenvalue weighted by Gasteiger charge is 2.16. The minimum absolute atomic E-state index is 0.695. The molecule has 2 rings (SSSR count). The number of hydrogen-bond donors (Lipinski definition) is 1. The summed E-state index contributed by atoms with van der Waals surface area (Å²) in [4.78, 5) is 4.71. The van der Waals surface area contributed by atoms with E-state index < -0.39 is 0 Å². The van der Waals surface area contributed by atoms with Crippen LogP contribution in [0.15, 0.2) is 22.7 Å². The zero-order valence-corrected chi connectivity index (χ0v) is 14.1. The monoisotopic (exact) mass is 355 g/mol. The maximum Gasteiger partial charge on any atom is 0.131 e. The molecule has 0 amide bonds. The summed E-state index contributed by atoms with van der Waals surface area (Å²) in [6.07, 6.45) is 3.12. The van der Waals surface area contributed by atoms with Gasteiger partial charge < -0.3 is 10.3 Å². The molecule has 2 aromatic rings. The third-order valence-corrected chi connectivity index (χ3v) is 4.21. The lowest BCUT2D eigenvalue weighted by atomic mass is 10.1. The lowest BCUT2D eigenvalue weighted by molar-refractivity contribution is 0.612. The van der Waals surface area contributed by atoms with E-state index in [0.29, 0.717) is 5.02 Å². The van der Waals surface area contributed by atoms with Crippen molar-refractivity contribution < 1.29 is 0 Å². The molecule has 0 radical (unpaired) electrons. The number of nitrogen functional groups attached to an aromatic ring is 1. The van der Waals surface area contributed by atoms with Gasteiger partial charge in [0.05, 0.1) is 0 Å². The molecule has 0 aliphatic rings. The van der Waals surface area contributed by atoms with E-state index in [1.54, 1.807) is 0 Å². The van der Waals surface area contributed by atoms with Crippen molar-refractivity contribution in [2.24, 2.45) is 0 Å². The lowest BCUT2D eigenvalue weighted by Crippen LogP contribution is -2.06. The standard InChI is InChI=1S/C15H19BrClN3/c1-3-5-8-20-13(4-2)19-14(15(20)18)11-7-6-10(17)9-12(11)16/h6-7,9H,3-5,8,18H2,1-2H3. The predicted molar refractivity (Wildman–Crippen MR) is 89.1 cm³/mol. The Morgan fingerprint density at radius 1 is 1.35 bits per heavy atom. The predicted octanol–water partition coefficient (Wildman–Crippen LogP) is 4.91. The quantitative estimate of drug-likeness (QED) is 0.827. The van der Waals surface area contributed by atoms with Crippen molar-refractivity contribution in [3.63, 3.8) is 0 Å². The summed E-state index contributed by atoms with van der Waals surface area (Å²) in [5, 5.41) is 0.695. The van der Waals surface area contributed by atoms with Crippen molar-refractivity contribution in [3.05, 3.63) is 33.5 Å². The second kappa shape index (κ2) is 6.64. The van der Waals surface area contributed by atoms with E-state index in [4.69, 9.17) is 22.3 Å². The molecule has 1 aromatic heterocycles. The maximum absolute atomic E-state index is 6.31. The van der Waals surface area contributed by atoms with Crippen LogP contribution in [0.4, 0.5) is 5.82 Å². The minimum atomic E-state index is 0.695. The Hall–Kier alpha value is -1.00. The van der Waals surface area contributed by atoms with Gasteiger partial charge in [0.25, 0.3) is 0 Å². The van der Waals surface area contributed by atoms with Gasteiger partial charge in [0.1, 0.15) is 17.3 Å². The average molecular weight is 357 g/mol. The van der Waals surface area contributed by atoms with Crippen molar-refractivity contribution in [2.45, 2.75) is 39.7 Å². The minimum Gasteiger partial charge on any atom is -0.383 e. The molecule has 1 aromatic carbocycles. The van der Waals surface area contributed by atoms with Gasteiger partial charge in [-0.2, -0.15) is 0 Å². The van der Waals surface area contributed by atoms with Crippen LogP contribution >= 0.6 is 27.5 Å². The zero-order chi connectivity index (χ0) is 14.7. The molecule has 0 atom stereocenters. The SMILES string of the molecule is CCCCn1c(CC)nc(-c2ccc(Cl)cc2Br)c1N. The Kier molecular flexibility index (Phi) is 5.11. The van der Waals surface area contributed by atoms with Crippen LogP contribution in [0.2, 0.25) is 5.02 Å². The van der Waals surface area contributed by atoms with Gasteiger partial charge in [-0.25, -0.2) is 4.98 Å². The van der Waals surface area contributed by atoms with Gasteiger partial charge in [-0.15, -0.1) is 0 Å². The first-order valence-electron chi connectivity index (χ1n) is 6.88. The summed E-state index contributed by atoms with van der Waals surface area (Å²) in [6, 6.07) is 5.68. The second-order valence-electron chi connectivity index (χ2n) is 4.74. The van der Waals surface area contributed by atoms with Gasteiger partial charge >= 0.3 is 0 Å². The van der Waals surface area contributed by atoms with Crippen molar-refractivity contribution in [2.75, 3.05) is 5.73 Å². The van der Waals surface area contributed by atoms with Crippen LogP contribution in [0.5, 0.6) is 0 Å². The van der Waals surface area contributed by atoms with Crippen LogP contribution in [0.3, 0.4) is 0 Å². The number of aryl methyl sites for hydroxylation is 1. The molecular weight excluding hydrogens is 338 g/mol. The molecule has 108 valence electrons. The summed E-state index contributed by atoms with van der Waals surface area (Å²) in [6.45, 7) is 5.20. The van der Waals surface area contributed by atoms with E-state index in [1.807, 2.05) is 18.2 Å². The third kappa shape index (κ3) is 3.01. The van der Waals surface area contributed by atoms with Crippen molar-refractivity contribution in [1.82, 2.24) is 9.55 Å². The summed E-state index contributed by atoms with van der Waals surface area (Å²) in [5.74, 6) is 1.77. The number of rotatable bonds is 5. The van der Waals surface area contributed by atoms with E-state index in [9.17, 15) is 0 Å². The fourth-order valence-electron chi connectivity index (χ4n) is 2.23. The Balaban J connectivity index is 2.49. The molecule has 5 heteroatoms. The Bertz CT molecular complexity index is 607. The van der Waals surface area contributed by atoms with Crippen LogP contribution in [0.25, 0.3) is 11.3 Å². The fourth-order valence-corrected chi connectivity index (χ4v) is 3.10. The molecule has 0 unspecified atom stereocenters. The molecule has 2 N–H and O–H groups in total. The molecule has 0 saturated carbocycles. The number of imidazole rings is 1. The summed E-state index contributed by atoms with van der Waals surface area (Å²) >= 11 is 9.53. The zero-order valence-electron chi connectivity index (χ0n) is 11.8. The molecule has 0 fully saturated rings. The van der Waals surface area contributed by atoms with Crippen LogP contribution in [0.1, 0.15) is 32.5 Å². The molecule has 0 saturated heterocycles. The number of hydrogen-bond acceptors (Lipinski definition) is 2. The summed E-state index contributed by atoms with van der Waals surface area (Å²) < 4.78 is 3.04.